The van der Waals surface area contributed by atoms with E-state index in [2.05, 4.69) is 0 Å². The monoisotopic (exact) mass is 288 g/mol. The van der Waals surface area contributed by atoms with Gasteiger partial charge in [-0.1, -0.05) is 18.2 Å². The highest BCUT2D eigenvalue weighted by atomic mass is 19.1. The first kappa shape index (κ1) is 14.8. The van der Waals surface area contributed by atoms with Crippen LogP contribution in [0.4, 0.5) is 10.1 Å². The van der Waals surface area contributed by atoms with Crippen LogP contribution in [0.3, 0.4) is 0 Å². The number of halogens is 1. The maximum Gasteiger partial charge on any atom is 0.217 e. The number of nitrogens with two attached hydrogens (primary N) is 2. The molecule has 2 aromatic rings. The van der Waals surface area contributed by atoms with Gasteiger partial charge in [0.2, 0.25) is 5.91 Å². The number of amides is 1. The van der Waals surface area contributed by atoms with Crippen LogP contribution in [-0.2, 0) is 17.8 Å². The molecule has 4 N–H and O–H groups in total. The molecule has 0 aromatic heterocycles. The lowest BCUT2D eigenvalue weighted by Gasteiger charge is -2.10. The topological polar surface area (TPSA) is 78.3 Å². The van der Waals surface area contributed by atoms with Crippen LogP contribution in [-0.4, -0.2) is 5.91 Å². The summed E-state index contributed by atoms with van der Waals surface area (Å²) in [5, 5.41) is 0. The van der Waals surface area contributed by atoms with Crippen molar-refractivity contribution in [1.29, 1.82) is 0 Å². The number of anilines is 1. The minimum atomic E-state index is -0.347. The van der Waals surface area contributed by atoms with Crippen LogP contribution in [0.25, 0.3) is 0 Å². The number of hydrogen-bond donors (Lipinski definition) is 2. The van der Waals surface area contributed by atoms with Crippen molar-refractivity contribution >= 4 is 11.6 Å². The van der Waals surface area contributed by atoms with Crippen LogP contribution >= 0.6 is 0 Å². The Hall–Kier alpha value is -2.56. The van der Waals surface area contributed by atoms with Crippen molar-refractivity contribution in [3.05, 3.63) is 59.4 Å². The van der Waals surface area contributed by atoms with E-state index in [1.54, 1.807) is 24.3 Å². The third kappa shape index (κ3) is 4.49. The number of hydrogen-bond acceptors (Lipinski definition) is 3. The predicted molar refractivity (Wildman–Crippen MR) is 79.1 cm³/mol. The molecule has 0 spiro atoms. The van der Waals surface area contributed by atoms with Crippen molar-refractivity contribution in [1.82, 2.24) is 0 Å². The lowest BCUT2D eigenvalue weighted by atomic mass is 10.1. The van der Waals surface area contributed by atoms with E-state index in [-0.39, 0.29) is 24.8 Å². The highest BCUT2D eigenvalue weighted by Gasteiger charge is 2.04. The Labute approximate surface area is 122 Å². The minimum absolute atomic E-state index is 0.239. The molecule has 110 valence electrons. The number of carbonyl (C=O) groups excluding carboxylic acids is 1. The summed E-state index contributed by atoms with van der Waals surface area (Å²) in [7, 11) is 0. The number of rotatable bonds is 6. The molecule has 0 atom stereocenters. The Morgan fingerprint density at radius 1 is 1.14 bits per heavy atom. The quantitative estimate of drug-likeness (QED) is 0.801. The fourth-order valence-electron chi connectivity index (χ4n) is 1.94. The van der Waals surface area contributed by atoms with Crippen molar-refractivity contribution in [3.63, 3.8) is 0 Å². The Morgan fingerprint density at radius 3 is 2.62 bits per heavy atom. The molecule has 5 heteroatoms. The molecule has 1 amide bonds. The Bertz CT molecular complexity index is 644. The van der Waals surface area contributed by atoms with Gasteiger partial charge in [-0.25, -0.2) is 4.39 Å². The van der Waals surface area contributed by atoms with Gasteiger partial charge in [0.05, 0.1) is 5.69 Å². The highest BCUT2D eigenvalue weighted by molar-refractivity contribution is 5.74. The van der Waals surface area contributed by atoms with E-state index in [0.29, 0.717) is 17.9 Å². The summed E-state index contributed by atoms with van der Waals surface area (Å²) >= 11 is 0. The molecule has 0 aliphatic heterocycles. The Balaban J connectivity index is 1.99. The molecule has 0 aliphatic rings. The molecule has 0 bridgehead atoms. The summed E-state index contributed by atoms with van der Waals surface area (Å²) in [6.45, 7) is 0.239. The van der Waals surface area contributed by atoms with E-state index in [0.717, 1.165) is 11.1 Å². The van der Waals surface area contributed by atoms with E-state index in [4.69, 9.17) is 16.2 Å². The first-order valence-electron chi connectivity index (χ1n) is 6.58. The van der Waals surface area contributed by atoms with Gasteiger partial charge in [0, 0.05) is 6.42 Å². The third-order valence-electron chi connectivity index (χ3n) is 3.02. The minimum Gasteiger partial charge on any atom is -0.487 e. The van der Waals surface area contributed by atoms with E-state index >= 15 is 0 Å². The number of aryl methyl sites for hydroxylation is 1. The smallest absolute Gasteiger partial charge is 0.217 e. The second kappa shape index (κ2) is 6.74. The number of nitrogen functional groups attached to an aromatic ring is 1. The molecule has 0 aliphatic carbocycles. The normalized spacial score (nSPS) is 10.3. The largest absolute Gasteiger partial charge is 0.487 e. The van der Waals surface area contributed by atoms with Crippen molar-refractivity contribution in [2.45, 2.75) is 19.4 Å². The fourth-order valence-corrected chi connectivity index (χ4v) is 1.94. The molecular weight excluding hydrogens is 271 g/mol. The molecule has 2 aromatic carbocycles. The number of primary amides is 1. The first-order valence-corrected chi connectivity index (χ1v) is 6.58. The van der Waals surface area contributed by atoms with Crippen molar-refractivity contribution in [2.75, 3.05) is 5.73 Å². The van der Waals surface area contributed by atoms with Gasteiger partial charge in [0.15, 0.2) is 0 Å². The molecule has 0 fully saturated rings. The molecule has 21 heavy (non-hydrogen) atoms. The van der Waals surface area contributed by atoms with Crippen molar-refractivity contribution in [2.24, 2.45) is 5.73 Å². The lowest BCUT2D eigenvalue weighted by Crippen LogP contribution is -2.11. The van der Waals surface area contributed by atoms with Gasteiger partial charge in [0.1, 0.15) is 18.2 Å². The van der Waals surface area contributed by atoms with E-state index < -0.39 is 0 Å². The molecule has 0 radical (unpaired) electrons. The molecule has 0 heterocycles. The highest BCUT2D eigenvalue weighted by Crippen LogP contribution is 2.24. The van der Waals surface area contributed by atoms with E-state index in [9.17, 15) is 9.18 Å². The molecular formula is C16H17FN2O2. The summed E-state index contributed by atoms with van der Waals surface area (Å²) in [5.41, 5.74) is 13.1. The number of ether oxygens (including phenoxy) is 1. The van der Waals surface area contributed by atoms with Crippen LogP contribution in [0.5, 0.6) is 5.75 Å². The van der Waals surface area contributed by atoms with Gasteiger partial charge in [-0.15, -0.1) is 0 Å². The second-order valence-corrected chi connectivity index (χ2v) is 4.76. The molecule has 2 rings (SSSR count). The predicted octanol–water partition coefficient (Wildman–Crippen LogP) is 2.40. The number of carbonyl (C=O) groups is 1. The van der Waals surface area contributed by atoms with E-state index in [1.165, 1.54) is 12.1 Å². The Kier molecular flexibility index (Phi) is 4.77. The SMILES string of the molecule is NC(=O)CCc1ccc(OCc2cccc(F)c2)c(N)c1. The summed E-state index contributed by atoms with van der Waals surface area (Å²) in [6, 6.07) is 11.5. The molecule has 0 saturated heterocycles. The van der Waals surface area contributed by atoms with Crippen molar-refractivity contribution < 1.29 is 13.9 Å². The zero-order valence-electron chi connectivity index (χ0n) is 11.5. The molecule has 0 unspecified atom stereocenters. The van der Waals surface area contributed by atoms with Gasteiger partial charge >= 0.3 is 0 Å². The first-order chi connectivity index (χ1) is 10.0. The van der Waals surface area contributed by atoms with Gasteiger partial charge in [0.25, 0.3) is 0 Å². The molecule has 0 saturated carbocycles. The van der Waals surface area contributed by atoms with Crippen LogP contribution < -0.4 is 16.2 Å². The van der Waals surface area contributed by atoms with Crippen LogP contribution in [0, 0.1) is 5.82 Å². The number of benzene rings is 2. The summed E-state index contributed by atoms with van der Waals surface area (Å²) in [4.78, 5) is 10.7. The summed E-state index contributed by atoms with van der Waals surface area (Å²) < 4.78 is 18.6. The zero-order chi connectivity index (χ0) is 15.2. The maximum atomic E-state index is 13.1. The van der Waals surface area contributed by atoms with Crippen LogP contribution in [0.1, 0.15) is 17.5 Å². The van der Waals surface area contributed by atoms with Gasteiger partial charge in [-0.2, -0.15) is 0 Å². The average Bonchev–Trinajstić information content (AvgIpc) is 2.44. The van der Waals surface area contributed by atoms with Gasteiger partial charge in [-0.3, -0.25) is 4.79 Å². The van der Waals surface area contributed by atoms with Crippen molar-refractivity contribution in [3.8, 4) is 5.75 Å². The second-order valence-electron chi connectivity index (χ2n) is 4.76. The fraction of sp³-hybridized carbons (Fsp3) is 0.188. The third-order valence-corrected chi connectivity index (χ3v) is 3.02. The Morgan fingerprint density at radius 2 is 1.95 bits per heavy atom. The summed E-state index contributed by atoms with van der Waals surface area (Å²) in [5.74, 6) is -0.118. The van der Waals surface area contributed by atoms with E-state index in [1.807, 2.05) is 6.07 Å². The molecule has 4 nitrogen and oxygen atoms in total. The average molecular weight is 288 g/mol. The maximum absolute atomic E-state index is 13.1. The standard InChI is InChI=1S/C16H17FN2O2/c17-13-3-1-2-12(8-13)10-21-15-6-4-11(9-14(15)18)5-7-16(19)20/h1-4,6,8-9H,5,7,10,18H2,(H2,19,20). The van der Waals surface area contributed by atoms with Crippen LogP contribution in [0.15, 0.2) is 42.5 Å². The van der Waals surface area contributed by atoms with Gasteiger partial charge in [-0.05, 0) is 41.8 Å². The summed E-state index contributed by atoms with van der Waals surface area (Å²) in [6.07, 6.45) is 0.826. The lowest BCUT2D eigenvalue weighted by molar-refractivity contribution is -0.117. The van der Waals surface area contributed by atoms with Crippen LogP contribution in [0.2, 0.25) is 0 Å². The van der Waals surface area contributed by atoms with Gasteiger partial charge < -0.3 is 16.2 Å². The zero-order valence-corrected chi connectivity index (χ0v) is 11.5.